The van der Waals surface area contributed by atoms with Crippen molar-refractivity contribution in [2.75, 3.05) is 18.6 Å². The fourth-order valence-electron chi connectivity index (χ4n) is 1.60. The zero-order chi connectivity index (χ0) is 12.5. The molecule has 17 heavy (non-hydrogen) atoms. The van der Waals surface area contributed by atoms with Crippen molar-refractivity contribution < 1.29 is 4.74 Å². The third-order valence-corrected chi connectivity index (χ3v) is 3.21. The molecule has 0 bridgehead atoms. The second-order valence-corrected chi connectivity index (χ2v) is 4.90. The minimum absolute atomic E-state index is 0.225. The first kappa shape index (κ1) is 14.4. The molecule has 1 atom stereocenters. The van der Waals surface area contributed by atoms with E-state index in [1.807, 2.05) is 23.9 Å². The summed E-state index contributed by atoms with van der Waals surface area (Å²) >= 11 is 1.83. The van der Waals surface area contributed by atoms with E-state index in [0.717, 1.165) is 31.0 Å². The van der Waals surface area contributed by atoms with Crippen LogP contribution < -0.4 is 16.0 Å². The average molecular weight is 254 g/mol. The quantitative estimate of drug-likeness (QED) is 0.553. The minimum Gasteiger partial charge on any atom is -0.494 e. The second kappa shape index (κ2) is 8.39. The summed E-state index contributed by atoms with van der Waals surface area (Å²) in [5.41, 5.74) is 4.07. The molecule has 0 aliphatic carbocycles. The minimum atomic E-state index is 0.225. The van der Waals surface area contributed by atoms with Gasteiger partial charge < -0.3 is 4.74 Å². The van der Waals surface area contributed by atoms with E-state index in [4.69, 9.17) is 10.6 Å². The number of hydrazine groups is 1. The molecule has 1 unspecified atom stereocenters. The predicted molar refractivity (Wildman–Crippen MR) is 75.3 cm³/mol. The Balaban J connectivity index is 2.57. The molecule has 0 aliphatic rings. The van der Waals surface area contributed by atoms with Crippen LogP contribution >= 0.6 is 11.8 Å². The summed E-state index contributed by atoms with van der Waals surface area (Å²) in [6.07, 6.45) is 4.17. The van der Waals surface area contributed by atoms with E-state index in [9.17, 15) is 0 Å². The van der Waals surface area contributed by atoms with Crippen LogP contribution in [0.3, 0.4) is 0 Å². The number of hydrogen-bond donors (Lipinski definition) is 2. The van der Waals surface area contributed by atoms with E-state index in [1.165, 1.54) is 5.56 Å². The van der Waals surface area contributed by atoms with Crippen LogP contribution in [0.2, 0.25) is 0 Å². The smallest absolute Gasteiger partial charge is 0.119 e. The van der Waals surface area contributed by atoms with E-state index in [1.54, 1.807) is 0 Å². The number of nitrogens with one attached hydrogen (secondary N) is 1. The first-order valence-corrected chi connectivity index (χ1v) is 7.39. The summed E-state index contributed by atoms with van der Waals surface area (Å²) in [6.45, 7) is 2.87. The summed E-state index contributed by atoms with van der Waals surface area (Å²) in [6, 6.07) is 8.40. The second-order valence-electron chi connectivity index (χ2n) is 3.92. The highest BCUT2D eigenvalue weighted by Crippen LogP contribution is 2.21. The molecule has 0 saturated heterocycles. The van der Waals surface area contributed by atoms with E-state index in [0.29, 0.717) is 0 Å². The Kier molecular flexibility index (Phi) is 7.08. The molecule has 0 amide bonds. The molecule has 0 radical (unpaired) electrons. The molecule has 96 valence electrons. The van der Waals surface area contributed by atoms with E-state index >= 15 is 0 Å². The van der Waals surface area contributed by atoms with Gasteiger partial charge in [0.25, 0.3) is 0 Å². The number of benzene rings is 1. The Labute approximate surface area is 108 Å². The van der Waals surface area contributed by atoms with Crippen molar-refractivity contribution in [3.8, 4) is 5.75 Å². The molecule has 0 saturated carbocycles. The van der Waals surface area contributed by atoms with Gasteiger partial charge in [0.15, 0.2) is 0 Å². The lowest BCUT2D eigenvalue weighted by molar-refractivity contribution is 0.317. The monoisotopic (exact) mass is 254 g/mol. The van der Waals surface area contributed by atoms with Gasteiger partial charge in [-0.05, 0) is 42.5 Å². The summed E-state index contributed by atoms with van der Waals surface area (Å²) in [5, 5.41) is 0. The topological polar surface area (TPSA) is 47.3 Å². The van der Waals surface area contributed by atoms with E-state index in [-0.39, 0.29) is 6.04 Å². The van der Waals surface area contributed by atoms with E-state index in [2.05, 4.69) is 30.7 Å². The van der Waals surface area contributed by atoms with Gasteiger partial charge in [-0.25, -0.2) is 0 Å². The number of ether oxygens (including phenoxy) is 1. The number of nitrogens with two attached hydrogens (primary N) is 1. The highest BCUT2D eigenvalue weighted by Gasteiger charge is 2.08. The molecule has 1 aromatic carbocycles. The molecule has 0 spiro atoms. The third-order valence-electron chi connectivity index (χ3n) is 2.57. The largest absolute Gasteiger partial charge is 0.494 e. The fraction of sp³-hybridized carbons (Fsp3) is 0.538. The molecule has 1 rings (SSSR count). The lowest BCUT2D eigenvalue weighted by Crippen LogP contribution is -2.28. The SMILES string of the molecule is CCCOc1ccc(C(CCSC)NN)cc1. The van der Waals surface area contributed by atoms with Crippen LogP contribution in [0, 0.1) is 0 Å². The van der Waals surface area contributed by atoms with Gasteiger partial charge in [-0.1, -0.05) is 19.1 Å². The normalized spacial score (nSPS) is 12.4. The van der Waals surface area contributed by atoms with Crippen molar-refractivity contribution in [2.45, 2.75) is 25.8 Å². The summed E-state index contributed by atoms with van der Waals surface area (Å²) in [7, 11) is 0. The number of rotatable bonds is 8. The zero-order valence-corrected chi connectivity index (χ0v) is 11.4. The third kappa shape index (κ3) is 4.98. The maximum absolute atomic E-state index is 5.57. The average Bonchev–Trinajstić information content (AvgIpc) is 2.38. The summed E-state index contributed by atoms with van der Waals surface area (Å²) in [4.78, 5) is 0. The lowest BCUT2D eigenvalue weighted by atomic mass is 10.1. The van der Waals surface area contributed by atoms with Gasteiger partial charge in [0.1, 0.15) is 5.75 Å². The maximum atomic E-state index is 5.57. The standard InChI is InChI=1S/C13H22N2OS/c1-3-9-16-12-6-4-11(5-7-12)13(15-14)8-10-17-2/h4-7,13,15H,3,8-10,14H2,1-2H3. The Morgan fingerprint density at radius 1 is 1.35 bits per heavy atom. The molecule has 0 heterocycles. The van der Waals surface area contributed by atoms with Gasteiger partial charge in [0.2, 0.25) is 0 Å². The molecule has 1 aromatic rings. The highest BCUT2D eigenvalue weighted by molar-refractivity contribution is 7.98. The fourth-order valence-corrected chi connectivity index (χ4v) is 2.07. The number of hydrogen-bond acceptors (Lipinski definition) is 4. The van der Waals surface area contributed by atoms with Crippen LogP contribution in [0.25, 0.3) is 0 Å². The van der Waals surface area contributed by atoms with Crippen LogP contribution in [0.4, 0.5) is 0 Å². The van der Waals surface area contributed by atoms with Crippen LogP contribution in [-0.2, 0) is 0 Å². The molecule has 0 aliphatic heterocycles. The van der Waals surface area contributed by atoms with Gasteiger partial charge in [-0.15, -0.1) is 0 Å². The highest BCUT2D eigenvalue weighted by atomic mass is 32.2. The Bertz CT molecular complexity index is 303. The molecule has 3 nitrogen and oxygen atoms in total. The molecular formula is C13H22N2OS. The summed E-state index contributed by atoms with van der Waals surface area (Å²) in [5.74, 6) is 7.60. The van der Waals surface area contributed by atoms with Gasteiger partial charge in [-0.2, -0.15) is 11.8 Å². The van der Waals surface area contributed by atoms with Crippen LogP contribution in [0.15, 0.2) is 24.3 Å². The molecule has 4 heteroatoms. The van der Waals surface area contributed by atoms with Gasteiger partial charge in [0.05, 0.1) is 6.61 Å². The van der Waals surface area contributed by atoms with E-state index < -0.39 is 0 Å². The van der Waals surface area contributed by atoms with Gasteiger partial charge in [0, 0.05) is 6.04 Å². The molecule has 0 aromatic heterocycles. The van der Waals surface area contributed by atoms with Crippen molar-refractivity contribution in [3.05, 3.63) is 29.8 Å². The van der Waals surface area contributed by atoms with Crippen LogP contribution in [-0.4, -0.2) is 18.6 Å². The van der Waals surface area contributed by atoms with Crippen LogP contribution in [0.5, 0.6) is 5.75 Å². The Hall–Kier alpha value is -0.710. The van der Waals surface area contributed by atoms with Crippen LogP contribution in [0.1, 0.15) is 31.4 Å². The summed E-state index contributed by atoms with van der Waals surface area (Å²) < 4.78 is 5.55. The first-order valence-electron chi connectivity index (χ1n) is 5.99. The van der Waals surface area contributed by atoms with Crippen molar-refractivity contribution in [2.24, 2.45) is 5.84 Å². The lowest BCUT2D eigenvalue weighted by Gasteiger charge is -2.16. The van der Waals surface area contributed by atoms with Crippen molar-refractivity contribution in [1.29, 1.82) is 0 Å². The predicted octanol–water partition coefficient (Wildman–Crippen LogP) is 2.73. The Morgan fingerprint density at radius 2 is 2.06 bits per heavy atom. The molecule has 3 N–H and O–H groups in total. The van der Waals surface area contributed by atoms with Crippen molar-refractivity contribution in [1.82, 2.24) is 5.43 Å². The van der Waals surface area contributed by atoms with Crippen molar-refractivity contribution >= 4 is 11.8 Å². The maximum Gasteiger partial charge on any atom is 0.119 e. The van der Waals surface area contributed by atoms with Gasteiger partial charge in [-0.3, -0.25) is 11.3 Å². The Morgan fingerprint density at radius 3 is 2.59 bits per heavy atom. The van der Waals surface area contributed by atoms with Gasteiger partial charge >= 0.3 is 0 Å². The van der Waals surface area contributed by atoms with Crippen molar-refractivity contribution in [3.63, 3.8) is 0 Å². The zero-order valence-electron chi connectivity index (χ0n) is 10.6. The number of thioether (sulfide) groups is 1. The first-order chi connectivity index (χ1) is 8.31. The molecule has 0 fully saturated rings. The molecular weight excluding hydrogens is 232 g/mol.